The average Bonchev–Trinajstić information content (AvgIpc) is 3.99. The maximum atomic E-state index is 10.1. The quantitative estimate of drug-likeness (QED) is 0.118. The van der Waals surface area contributed by atoms with Gasteiger partial charge in [-0.15, -0.1) is 0 Å². The highest BCUT2D eigenvalue weighted by atomic mass is 16.6. The maximum Gasteiger partial charge on any atom is 0.172 e. The summed E-state index contributed by atoms with van der Waals surface area (Å²) < 4.78 is 40.7. The smallest absolute Gasteiger partial charge is 0.172 e. The van der Waals surface area contributed by atoms with Crippen LogP contribution in [0.3, 0.4) is 0 Å². The summed E-state index contributed by atoms with van der Waals surface area (Å²) in [6, 6.07) is 27.4. The summed E-state index contributed by atoms with van der Waals surface area (Å²) in [6.45, 7) is 8.68. The molecule has 12 nitrogen and oxygen atoms in total. The van der Waals surface area contributed by atoms with Gasteiger partial charge in [-0.3, -0.25) is 0 Å². The van der Waals surface area contributed by atoms with E-state index in [-0.39, 0.29) is 12.2 Å². The Bertz CT molecular complexity index is 2290. The third-order valence-electron chi connectivity index (χ3n) is 12.0. The lowest BCUT2D eigenvalue weighted by Crippen LogP contribution is -2.42. The molecule has 59 heavy (non-hydrogen) atoms. The van der Waals surface area contributed by atoms with E-state index in [4.69, 9.17) is 32.5 Å². The van der Waals surface area contributed by atoms with Crippen LogP contribution in [0.25, 0.3) is 21.9 Å². The highest BCUT2D eigenvalue weighted by Gasteiger charge is 2.27. The number of rotatable bonds is 11. The molecule has 10 rings (SSSR count). The average molecular weight is 803 g/mol. The van der Waals surface area contributed by atoms with E-state index in [1.165, 1.54) is 18.5 Å². The summed E-state index contributed by atoms with van der Waals surface area (Å²) in [5.41, 5.74) is 3.78. The van der Waals surface area contributed by atoms with Crippen molar-refractivity contribution in [3.8, 4) is 34.5 Å². The van der Waals surface area contributed by atoms with Crippen molar-refractivity contribution in [2.45, 2.75) is 37.9 Å². The number of benzene rings is 4. The van der Waals surface area contributed by atoms with Gasteiger partial charge >= 0.3 is 0 Å². The largest absolute Gasteiger partial charge is 0.506 e. The molecule has 0 amide bonds. The van der Waals surface area contributed by atoms with E-state index in [0.29, 0.717) is 30.8 Å². The number of para-hydroxylation sites is 4. The molecule has 2 fully saturated rings. The SMILES string of the molecule is COc1ccccc1N1CCC(CNC[C@H]2COc3ccc4occc4c3O2)CC1.Oc1ccccc1N1CCC(CNC[C@H]2COc3ccc4occc4c3O2)CC1. The normalized spacial score (nSPS) is 19.4. The number of aromatic hydroxyl groups is 1. The first-order chi connectivity index (χ1) is 29.1. The summed E-state index contributed by atoms with van der Waals surface area (Å²) >= 11 is 0. The molecule has 4 aliphatic heterocycles. The highest BCUT2D eigenvalue weighted by molar-refractivity contribution is 5.88. The number of hydrogen-bond acceptors (Lipinski definition) is 12. The zero-order valence-corrected chi connectivity index (χ0v) is 33.6. The number of nitrogens with one attached hydrogen (secondary N) is 2. The molecule has 3 N–H and O–H groups in total. The van der Waals surface area contributed by atoms with E-state index in [9.17, 15) is 5.11 Å². The summed E-state index contributed by atoms with van der Waals surface area (Å²) in [7, 11) is 1.74. The molecule has 2 aromatic heterocycles. The van der Waals surface area contributed by atoms with Gasteiger partial charge in [0.2, 0.25) is 0 Å². The van der Waals surface area contributed by atoms with Gasteiger partial charge in [0.25, 0.3) is 0 Å². The second-order valence-electron chi connectivity index (χ2n) is 15.9. The minimum atomic E-state index is -0.00986. The lowest BCUT2D eigenvalue weighted by molar-refractivity contribution is 0.0913. The lowest BCUT2D eigenvalue weighted by Gasteiger charge is -2.34. The minimum Gasteiger partial charge on any atom is -0.506 e. The Morgan fingerprint density at radius 1 is 0.593 bits per heavy atom. The van der Waals surface area contributed by atoms with Gasteiger partial charge in [0, 0.05) is 39.3 Å². The predicted molar refractivity (Wildman–Crippen MR) is 229 cm³/mol. The fourth-order valence-corrected chi connectivity index (χ4v) is 8.71. The van der Waals surface area contributed by atoms with Crippen molar-refractivity contribution in [3.05, 3.63) is 97.5 Å². The zero-order valence-electron chi connectivity index (χ0n) is 33.6. The Hall–Kier alpha value is -5.72. The molecule has 0 aliphatic carbocycles. The number of fused-ring (bicyclic) bond motifs is 6. The number of hydrogen-bond donors (Lipinski definition) is 3. The van der Waals surface area contributed by atoms with E-state index in [1.54, 1.807) is 25.7 Å². The molecule has 4 aromatic carbocycles. The van der Waals surface area contributed by atoms with Crippen molar-refractivity contribution in [2.75, 3.05) is 82.5 Å². The molecule has 0 spiro atoms. The predicted octanol–water partition coefficient (Wildman–Crippen LogP) is 7.87. The molecule has 310 valence electrons. The van der Waals surface area contributed by atoms with Gasteiger partial charge in [0.05, 0.1) is 41.8 Å². The Labute approximate surface area is 344 Å². The summed E-state index contributed by atoms with van der Waals surface area (Å²) in [5, 5.41) is 19.2. The van der Waals surface area contributed by atoms with Gasteiger partial charge in [0.1, 0.15) is 48.1 Å². The monoisotopic (exact) mass is 802 g/mol. The van der Waals surface area contributed by atoms with Gasteiger partial charge in [-0.25, -0.2) is 0 Å². The van der Waals surface area contributed by atoms with E-state index in [1.807, 2.05) is 66.7 Å². The zero-order chi connectivity index (χ0) is 40.0. The topological polar surface area (TPSA) is 123 Å². The van der Waals surface area contributed by atoms with Gasteiger partial charge in [-0.05, 0) is 111 Å². The van der Waals surface area contributed by atoms with E-state index >= 15 is 0 Å². The minimum absolute atomic E-state index is 0.00617. The standard InChI is InChI=1S/C24H28N2O4.C23H26N2O4/c1-27-22-5-3-2-4-20(22)26-11-8-17(9-12-26)14-25-15-18-16-29-23-7-6-21-19(10-13-28-21)24(23)30-18;26-20-4-2-1-3-19(20)25-10-7-16(8-11-25)13-24-14-17-15-28-22-6-5-21-18(9-12-27-21)23(22)29-17/h2-7,10,13,17-18,25H,8-9,11-12,14-16H2,1H3;1-6,9,12,16-17,24,26H,7-8,10-11,13-15H2/t18-;17-/m00/s1. The number of methoxy groups -OCH3 is 1. The number of phenols is 1. The maximum absolute atomic E-state index is 10.1. The van der Waals surface area contributed by atoms with Crippen molar-refractivity contribution in [1.29, 1.82) is 0 Å². The molecule has 0 unspecified atom stereocenters. The first-order valence-electron chi connectivity index (χ1n) is 21.0. The molecule has 2 atom stereocenters. The van der Waals surface area contributed by atoms with Gasteiger partial charge in [-0.1, -0.05) is 24.3 Å². The van der Waals surface area contributed by atoms with Crippen LogP contribution in [0, 0.1) is 11.8 Å². The number of piperidine rings is 2. The van der Waals surface area contributed by atoms with Crippen molar-refractivity contribution >= 4 is 33.3 Å². The summed E-state index contributed by atoms with van der Waals surface area (Å²) in [4.78, 5) is 4.71. The number of anilines is 2. The fourth-order valence-electron chi connectivity index (χ4n) is 8.71. The van der Waals surface area contributed by atoms with Crippen LogP contribution >= 0.6 is 0 Å². The first kappa shape index (κ1) is 38.8. The Morgan fingerprint density at radius 2 is 1.08 bits per heavy atom. The fraction of sp³-hybridized carbons (Fsp3) is 0.404. The molecule has 0 bridgehead atoms. The van der Waals surface area contributed by atoms with Crippen LogP contribution in [-0.4, -0.2) is 90.0 Å². The van der Waals surface area contributed by atoms with Crippen LogP contribution in [0.1, 0.15) is 25.7 Å². The lowest BCUT2D eigenvalue weighted by atomic mass is 9.96. The van der Waals surface area contributed by atoms with Crippen molar-refractivity contribution in [3.63, 3.8) is 0 Å². The van der Waals surface area contributed by atoms with E-state index < -0.39 is 0 Å². The Kier molecular flexibility index (Phi) is 11.9. The third kappa shape index (κ3) is 8.84. The second kappa shape index (κ2) is 18.0. The second-order valence-corrected chi connectivity index (χ2v) is 15.9. The molecule has 6 aromatic rings. The van der Waals surface area contributed by atoms with Crippen LogP contribution in [0.5, 0.6) is 34.5 Å². The van der Waals surface area contributed by atoms with Crippen LogP contribution in [0.15, 0.2) is 106 Å². The van der Waals surface area contributed by atoms with Crippen LogP contribution in [-0.2, 0) is 0 Å². The molecule has 0 radical (unpaired) electrons. The third-order valence-corrected chi connectivity index (χ3v) is 12.0. The molecular weight excluding hydrogens is 749 g/mol. The van der Waals surface area contributed by atoms with Crippen molar-refractivity contribution in [2.24, 2.45) is 11.8 Å². The van der Waals surface area contributed by atoms with E-state index in [2.05, 4.69) is 32.6 Å². The summed E-state index contributed by atoms with van der Waals surface area (Å²) in [6.07, 6.45) is 7.93. The molecule has 12 heteroatoms. The number of ether oxygens (including phenoxy) is 5. The Morgan fingerprint density at radius 3 is 1.61 bits per heavy atom. The van der Waals surface area contributed by atoms with Crippen molar-refractivity contribution < 1.29 is 37.6 Å². The van der Waals surface area contributed by atoms with Gasteiger partial charge in [0.15, 0.2) is 23.0 Å². The molecular formula is C47H54N4O8. The van der Waals surface area contributed by atoms with Crippen LogP contribution < -0.4 is 44.1 Å². The number of phenolic OH excluding ortho intramolecular Hbond substituents is 1. The van der Waals surface area contributed by atoms with Crippen molar-refractivity contribution in [1.82, 2.24) is 10.6 Å². The first-order valence-corrected chi connectivity index (χ1v) is 21.0. The molecule has 2 saturated heterocycles. The molecule has 6 heterocycles. The number of nitrogens with zero attached hydrogens (tertiary/aromatic N) is 2. The summed E-state index contributed by atoms with van der Waals surface area (Å²) in [5.74, 6) is 5.79. The van der Waals surface area contributed by atoms with Crippen LogP contribution in [0.2, 0.25) is 0 Å². The Balaban J connectivity index is 0.000000152. The van der Waals surface area contributed by atoms with Gasteiger partial charge < -0.3 is 58.1 Å². The molecule has 4 aliphatic rings. The number of furan rings is 2. The highest BCUT2D eigenvalue weighted by Crippen LogP contribution is 2.41. The van der Waals surface area contributed by atoms with E-state index in [0.717, 1.165) is 122 Å². The van der Waals surface area contributed by atoms with Crippen LogP contribution in [0.4, 0.5) is 11.4 Å². The van der Waals surface area contributed by atoms with Gasteiger partial charge in [-0.2, -0.15) is 0 Å². The molecule has 0 saturated carbocycles.